The van der Waals surface area contributed by atoms with Crippen molar-refractivity contribution >= 4 is 17.3 Å². The van der Waals surface area contributed by atoms with Gasteiger partial charge in [0.25, 0.3) is 0 Å². The van der Waals surface area contributed by atoms with Gasteiger partial charge in [0, 0.05) is 29.5 Å². The Morgan fingerprint density at radius 2 is 2.33 bits per heavy atom. The molecule has 1 aromatic rings. The third kappa shape index (κ3) is 2.85. The molecule has 0 aromatic carbocycles. The molecule has 0 unspecified atom stereocenters. The fourth-order valence-electron chi connectivity index (χ4n) is 1.86. The number of hydrogen-bond donors (Lipinski definition) is 1. The molecule has 1 fully saturated rings. The maximum atomic E-state index is 5.94. The van der Waals surface area contributed by atoms with Crippen LogP contribution in [-0.4, -0.2) is 16.9 Å². The zero-order valence-electron chi connectivity index (χ0n) is 9.04. The van der Waals surface area contributed by atoms with Crippen LogP contribution in [0.15, 0.2) is 18.3 Å². The number of nitrogens with one attached hydrogen (secondary N) is 1. The SMILES string of the molecule is CCc1cc(NCC2CC(Cl)C2)ccn1. The van der Waals surface area contributed by atoms with Crippen molar-refractivity contribution in [2.45, 2.75) is 31.6 Å². The van der Waals surface area contributed by atoms with Crippen LogP contribution in [-0.2, 0) is 6.42 Å². The largest absolute Gasteiger partial charge is 0.385 e. The standard InChI is InChI=1S/C12H17ClN2/c1-2-11-7-12(3-4-14-11)15-8-9-5-10(13)6-9/h3-4,7,9-10H,2,5-6,8H2,1H3,(H,14,15). The topological polar surface area (TPSA) is 24.9 Å². The molecule has 0 aliphatic heterocycles. The maximum absolute atomic E-state index is 5.94. The molecule has 2 rings (SSSR count). The first-order valence-corrected chi connectivity index (χ1v) is 6.04. The number of hydrogen-bond acceptors (Lipinski definition) is 2. The van der Waals surface area contributed by atoms with Crippen molar-refractivity contribution in [1.29, 1.82) is 0 Å². The zero-order valence-corrected chi connectivity index (χ0v) is 9.80. The second kappa shape index (κ2) is 4.84. The molecule has 0 spiro atoms. The monoisotopic (exact) mass is 224 g/mol. The van der Waals surface area contributed by atoms with Crippen molar-refractivity contribution in [3.05, 3.63) is 24.0 Å². The summed E-state index contributed by atoms with van der Waals surface area (Å²) in [6, 6.07) is 4.15. The average Bonchev–Trinajstić information content (AvgIpc) is 2.23. The number of pyridine rings is 1. The average molecular weight is 225 g/mol. The van der Waals surface area contributed by atoms with E-state index in [-0.39, 0.29) is 0 Å². The third-order valence-electron chi connectivity index (χ3n) is 2.95. The molecule has 0 radical (unpaired) electrons. The lowest BCUT2D eigenvalue weighted by Gasteiger charge is -2.31. The van der Waals surface area contributed by atoms with E-state index in [2.05, 4.69) is 23.3 Å². The molecule has 82 valence electrons. The van der Waals surface area contributed by atoms with Gasteiger partial charge in [-0.1, -0.05) is 6.92 Å². The van der Waals surface area contributed by atoms with Crippen LogP contribution in [0.2, 0.25) is 0 Å². The number of anilines is 1. The summed E-state index contributed by atoms with van der Waals surface area (Å²) < 4.78 is 0. The summed E-state index contributed by atoms with van der Waals surface area (Å²) in [5.74, 6) is 0.755. The van der Waals surface area contributed by atoms with E-state index in [1.165, 1.54) is 5.69 Å². The maximum Gasteiger partial charge on any atom is 0.0421 e. The summed E-state index contributed by atoms with van der Waals surface area (Å²) in [6.07, 6.45) is 5.16. The molecular weight excluding hydrogens is 208 g/mol. The molecule has 1 aromatic heterocycles. The van der Waals surface area contributed by atoms with E-state index in [9.17, 15) is 0 Å². The molecule has 3 heteroatoms. The van der Waals surface area contributed by atoms with Crippen LogP contribution in [0.1, 0.15) is 25.5 Å². The number of aromatic nitrogens is 1. The minimum atomic E-state index is 0.417. The van der Waals surface area contributed by atoms with Gasteiger partial charge in [0.2, 0.25) is 0 Å². The zero-order chi connectivity index (χ0) is 10.7. The first-order valence-electron chi connectivity index (χ1n) is 5.60. The van der Waals surface area contributed by atoms with E-state index in [0.29, 0.717) is 5.38 Å². The van der Waals surface area contributed by atoms with Crippen molar-refractivity contribution in [2.24, 2.45) is 5.92 Å². The molecule has 0 amide bonds. The van der Waals surface area contributed by atoms with E-state index in [4.69, 9.17) is 11.6 Å². The molecule has 1 heterocycles. The van der Waals surface area contributed by atoms with E-state index < -0.39 is 0 Å². The van der Waals surface area contributed by atoms with Gasteiger partial charge >= 0.3 is 0 Å². The van der Waals surface area contributed by atoms with E-state index in [1.807, 2.05) is 12.3 Å². The molecule has 1 aliphatic rings. The Kier molecular flexibility index (Phi) is 3.47. The highest BCUT2D eigenvalue weighted by molar-refractivity contribution is 6.21. The number of nitrogens with zero attached hydrogens (tertiary/aromatic N) is 1. The molecule has 0 bridgehead atoms. The highest BCUT2D eigenvalue weighted by Gasteiger charge is 2.26. The Hall–Kier alpha value is -0.760. The van der Waals surface area contributed by atoms with Crippen molar-refractivity contribution in [3.8, 4) is 0 Å². The van der Waals surface area contributed by atoms with Crippen molar-refractivity contribution in [1.82, 2.24) is 4.98 Å². The van der Waals surface area contributed by atoms with Gasteiger partial charge in [-0.2, -0.15) is 0 Å². The fraction of sp³-hybridized carbons (Fsp3) is 0.583. The fourth-order valence-corrected chi connectivity index (χ4v) is 2.37. The highest BCUT2D eigenvalue weighted by atomic mass is 35.5. The molecule has 2 nitrogen and oxygen atoms in total. The molecule has 1 N–H and O–H groups in total. The minimum absolute atomic E-state index is 0.417. The second-order valence-corrected chi connectivity index (χ2v) is 4.82. The van der Waals surface area contributed by atoms with E-state index in [0.717, 1.165) is 37.4 Å². The minimum Gasteiger partial charge on any atom is -0.385 e. The number of alkyl halides is 1. The van der Waals surface area contributed by atoms with E-state index >= 15 is 0 Å². The molecular formula is C12H17ClN2. The van der Waals surface area contributed by atoms with Crippen LogP contribution in [0, 0.1) is 5.92 Å². The van der Waals surface area contributed by atoms with Gasteiger partial charge in [-0.25, -0.2) is 0 Å². The lowest BCUT2D eigenvalue weighted by molar-refractivity contribution is 0.341. The van der Waals surface area contributed by atoms with Gasteiger partial charge < -0.3 is 5.32 Å². The number of halogens is 1. The van der Waals surface area contributed by atoms with Gasteiger partial charge in [-0.3, -0.25) is 4.98 Å². The Balaban J connectivity index is 1.82. The van der Waals surface area contributed by atoms with Crippen LogP contribution in [0.5, 0.6) is 0 Å². The van der Waals surface area contributed by atoms with Crippen LogP contribution >= 0.6 is 11.6 Å². The first-order chi connectivity index (χ1) is 7.28. The van der Waals surface area contributed by atoms with Gasteiger partial charge in [0.15, 0.2) is 0 Å². The summed E-state index contributed by atoms with van der Waals surface area (Å²) in [6.45, 7) is 3.16. The van der Waals surface area contributed by atoms with Crippen LogP contribution in [0.3, 0.4) is 0 Å². The van der Waals surface area contributed by atoms with Crippen LogP contribution < -0.4 is 5.32 Å². The lowest BCUT2D eigenvalue weighted by Crippen LogP contribution is -2.29. The van der Waals surface area contributed by atoms with Crippen molar-refractivity contribution < 1.29 is 0 Å². The molecule has 0 atom stereocenters. The van der Waals surface area contributed by atoms with Crippen LogP contribution in [0.4, 0.5) is 5.69 Å². The summed E-state index contributed by atoms with van der Waals surface area (Å²) in [5.41, 5.74) is 2.32. The Bertz CT molecular complexity index is 321. The van der Waals surface area contributed by atoms with Gasteiger partial charge in [0.05, 0.1) is 0 Å². The van der Waals surface area contributed by atoms with Crippen molar-refractivity contribution in [2.75, 3.05) is 11.9 Å². The smallest absolute Gasteiger partial charge is 0.0421 e. The number of rotatable bonds is 4. The summed E-state index contributed by atoms with van der Waals surface area (Å²) in [7, 11) is 0. The molecule has 1 aliphatic carbocycles. The normalized spacial score (nSPS) is 24.7. The van der Waals surface area contributed by atoms with Gasteiger partial charge in [0.1, 0.15) is 0 Å². The van der Waals surface area contributed by atoms with Crippen molar-refractivity contribution in [3.63, 3.8) is 0 Å². The van der Waals surface area contributed by atoms with Crippen LogP contribution in [0.25, 0.3) is 0 Å². The summed E-state index contributed by atoms with van der Waals surface area (Å²) in [5, 5.41) is 3.86. The lowest BCUT2D eigenvalue weighted by atomic mass is 9.85. The number of aryl methyl sites for hydroxylation is 1. The molecule has 1 saturated carbocycles. The second-order valence-electron chi connectivity index (χ2n) is 4.21. The molecule has 0 saturated heterocycles. The Labute approximate surface area is 96.1 Å². The van der Waals surface area contributed by atoms with Gasteiger partial charge in [-0.05, 0) is 37.3 Å². The van der Waals surface area contributed by atoms with E-state index in [1.54, 1.807) is 0 Å². The predicted octanol–water partition coefficient (Wildman–Crippen LogP) is 3.07. The predicted molar refractivity (Wildman–Crippen MR) is 64.5 cm³/mol. The first kappa shape index (κ1) is 10.7. The highest BCUT2D eigenvalue weighted by Crippen LogP contribution is 2.31. The Morgan fingerprint density at radius 1 is 1.53 bits per heavy atom. The summed E-state index contributed by atoms with van der Waals surface area (Å²) in [4.78, 5) is 4.27. The quantitative estimate of drug-likeness (QED) is 0.796. The van der Waals surface area contributed by atoms with Gasteiger partial charge in [-0.15, -0.1) is 11.6 Å². The molecule has 15 heavy (non-hydrogen) atoms. The Morgan fingerprint density at radius 3 is 3.00 bits per heavy atom. The third-order valence-corrected chi connectivity index (χ3v) is 3.31. The summed E-state index contributed by atoms with van der Waals surface area (Å²) >= 11 is 5.94.